The van der Waals surface area contributed by atoms with E-state index in [0.29, 0.717) is 28.2 Å². The highest BCUT2D eigenvalue weighted by Crippen LogP contribution is 2.39. The van der Waals surface area contributed by atoms with Gasteiger partial charge in [0, 0.05) is 23.3 Å². The van der Waals surface area contributed by atoms with Crippen molar-refractivity contribution >= 4 is 34.2 Å². The van der Waals surface area contributed by atoms with Gasteiger partial charge in [-0.1, -0.05) is 35.9 Å². The third kappa shape index (κ3) is 4.83. The summed E-state index contributed by atoms with van der Waals surface area (Å²) in [5.74, 6) is -0.669. The van der Waals surface area contributed by atoms with Crippen LogP contribution in [0.2, 0.25) is 5.02 Å². The molecule has 0 aliphatic carbocycles. The number of anilines is 1. The summed E-state index contributed by atoms with van der Waals surface area (Å²) < 4.78 is 42.9. The van der Waals surface area contributed by atoms with Crippen molar-refractivity contribution in [2.24, 2.45) is 0 Å². The molecule has 0 unspecified atom stereocenters. The first-order valence-electron chi connectivity index (χ1n) is 11.4. The average molecular weight is 538 g/mol. The second-order valence-electron chi connectivity index (χ2n) is 8.45. The first-order chi connectivity index (χ1) is 18.1. The fourth-order valence-electron chi connectivity index (χ4n) is 4.02. The molecular formula is C27H19ClF3N5O2. The van der Waals surface area contributed by atoms with Crippen molar-refractivity contribution in [3.8, 4) is 17.1 Å². The lowest BCUT2D eigenvalue weighted by atomic mass is 10.0. The van der Waals surface area contributed by atoms with Gasteiger partial charge in [0.15, 0.2) is 5.82 Å². The normalized spacial score (nSPS) is 12.5. The molecule has 1 amide bonds. The van der Waals surface area contributed by atoms with Gasteiger partial charge in [0.05, 0.1) is 33.5 Å². The zero-order valence-corrected chi connectivity index (χ0v) is 20.5. The number of aliphatic hydroxyl groups is 1. The van der Waals surface area contributed by atoms with Crippen LogP contribution in [0, 0.1) is 0 Å². The first kappa shape index (κ1) is 25.4. The van der Waals surface area contributed by atoms with Crippen LogP contribution >= 0.6 is 11.6 Å². The molecule has 3 aromatic carbocycles. The lowest BCUT2D eigenvalue weighted by Crippen LogP contribution is -2.17. The summed E-state index contributed by atoms with van der Waals surface area (Å²) in [5.41, 5.74) is 0.128. The maximum atomic E-state index is 13.8. The molecule has 5 aromatic rings. The quantitative estimate of drug-likeness (QED) is 0.268. The van der Waals surface area contributed by atoms with Gasteiger partial charge >= 0.3 is 6.18 Å². The van der Waals surface area contributed by atoms with E-state index in [1.54, 1.807) is 49.4 Å². The number of fused-ring (bicyclic) bond motifs is 1. The van der Waals surface area contributed by atoms with Crippen molar-refractivity contribution in [2.45, 2.75) is 19.2 Å². The van der Waals surface area contributed by atoms with Gasteiger partial charge in [-0.25, -0.2) is 14.6 Å². The van der Waals surface area contributed by atoms with E-state index in [1.807, 2.05) is 6.07 Å². The van der Waals surface area contributed by atoms with E-state index < -0.39 is 23.8 Å². The van der Waals surface area contributed by atoms with E-state index in [-0.39, 0.29) is 27.8 Å². The fourth-order valence-corrected chi connectivity index (χ4v) is 4.27. The van der Waals surface area contributed by atoms with E-state index in [9.17, 15) is 23.1 Å². The smallest absolute Gasteiger partial charge is 0.389 e. The van der Waals surface area contributed by atoms with Gasteiger partial charge < -0.3 is 10.4 Å². The Kier molecular flexibility index (Phi) is 6.60. The number of hydrogen-bond donors (Lipinski definition) is 2. The van der Waals surface area contributed by atoms with Crippen molar-refractivity contribution in [1.29, 1.82) is 0 Å². The van der Waals surface area contributed by atoms with Crippen LogP contribution in [0.25, 0.3) is 28.0 Å². The number of nitrogens with one attached hydrogen (secondary N) is 1. The molecule has 0 bridgehead atoms. The van der Waals surface area contributed by atoms with Gasteiger partial charge in [-0.05, 0) is 55.0 Å². The lowest BCUT2D eigenvalue weighted by Gasteiger charge is -2.16. The number of nitrogens with zero attached hydrogens (tertiary/aromatic N) is 4. The Bertz CT molecular complexity index is 1640. The van der Waals surface area contributed by atoms with Gasteiger partial charge in [-0.2, -0.15) is 18.3 Å². The molecule has 5 rings (SSSR count). The van der Waals surface area contributed by atoms with Crippen molar-refractivity contribution < 1.29 is 23.1 Å². The minimum absolute atomic E-state index is 0.198. The maximum absolute atomic E-state index is 13.8. The number of alkyl halides is 3. The minimum Gasteiger partial charge on any atom is -0.389 e. The van der Waals surface area contributed by atoms with Gasteiger partial charge in [0.1, 0.15) is 5.82 Å². The number of aliphatic hydroxyl groups excluding tert-OH is 1. The molecule has 192 valence electrons. The van der Waals surface area contributed by atoms with Crippen LogP contribution in [0.5, 0.6) is 0 Å². The first-order valence-corrected chi connectivity index (χ1v) is 11.8. The second-order valence-corrected chi connectivity index (χ2v) is 8.86. The van der Waals surface area contributed by atoms with E-state index in [1.165, 1.54) is 23.1 Å². The van der Waals surface area contributed by atoms with E-state index in [4.69, 9.17) is 11.6 Å². The number of rotatable bonds is 5. The number of carbonyl (C=O) groups is 1. The van der Waals surface area contributed by atoms with E-state index in [0.717, 1.165) is 6.07 Å². The summed E-state index contributed by atoms with van der Waals surface area (Å²) >= 11 is 6.21. The predicted molar refractivity (Wildman–Crippen MR) is 137 cm³/mol. The van der Waals surface area contributed by atoms with Gasteiger partial charge in [-0.3, -0.25) is 4.79 Å². The van der Waals surface area contributed by atoms with Crippen LogP contribution < -0.4 is 5.32 Å². The summed E-state index contributed by atoms with van der Waals surface area (Å²) in [6.45, 7) is 1.62. The number of benzene rings is 3. The summed E-state index contributed by atoms with van der Waals surface area (Å²) in [6.07, 6.45) is -2.87. The molecular weight excluding hydrogens is 519 g/mol. The highest BCUT2D eigenvalue weighted by molar-refractivity contribution is 6.34. The largest absolute Gasteiger partial charge is 0.417 e. The Morgan fingerprint density at radius 2 is 1.74 bits per heavy atom. The molecule has 38 heavy (non-hydrogen) atoms. The molecule has 0 fully saturated rings. The predicted octanol–water partition coefficient (Wildman–Crippen LogP) is 6.46. The molecule has 7 nitrogen and oxygen atoms in total. The number of amides is 1. The molecule has 0 radical (unpaired) electrons. The molecule has 0 spiro atoms. The number of aromatic nitrogens is 4. The van der Waals surface area contributed by atoms with Crippen molar-refractivity contribution in [3.63, 3.8) is 0 Å². The molecule has 0 aliphatic heterocycles. The summed E-state index contributed by atoms with van der Waals surface area (Å²) in [5, 5.41) is 17.5. The van der Waals surface area contributed by atoms with Crippen LogP contribution in [-0.4, -0.2) is 30.8 Å². The number of para-hydroxylation sites is 1. The van der Waals surface area contributed by atoms with Crippen molar-refractivity contribution in [1.82, 2.24) is 19.7 Å². The molecule has 2 heterocycles. The molecule has 11 heteroatoms. The zero-order valence-electron chi connectivity index (χ0n) is 19.7. The van der Waals surface area contributed by atoms with Crippen LogP contribution in [0.1, 0.15) is 34.5 Å². The molecule has 1 atom stereocenters. The van der Waals surface area contributed by atoms with Crippen LogP contribution in [0.3, 0.4) is 0 Å². The minimum atomic E-state index is -4.75. The topological polar surface area (TPSA) is 92.9 Å². The van der Waals surface area contributed by atoms with Crippen LogP contribution in [0.4, 0.5) is 19.0 Å². The summed E-state index contributed by atoms with van der Waals surface area (Å²) in [6, 6.07) is 17.3. The third-order valence-corrected chi connectivity index (χ3v) is 6.19. The lowest BCUT2D eigenvalue weighted by molar-refractivity contribution is -0.137. The third-order valence-electron chi connectivity index (χ3n) is 5.88. The Labute approximate surface area is 219 Å². The molecule has 0 aliphatic rings. The van der Waals surface area contributed by atoms with Crippen LogP contribution in [0.15, 0.2) is 79.1 Å². The van der Waals surface area contributed by atoms with Crippen LogP contribution in [-0.2, 0) is 6.18 Å². The highest BCUT2D eigenvalue weighted by Gasteiger charge is 2.36. The zero-order chi connectivity index (χ0) is 27.0. The molecule has 0 saturated carbocycles. The molecule has 0 saturated heterocycles. The Morgan fingerprint density at radius 1 is 1.03 bits per heavy atom. The van der Waals surface area contributed by atoms with Gasteiger partial charge in [0.2, 0.25) is 0 Å². The van der Waals surface area contributed by atoms with Crippen molar-refractivity contribution in [2.75, 3.05) is 5.32 Å². The Balaban J connectivity index is 1.63. The highest BCUT2D eigenvalue weighted by atomic mass is 35.5. The van der Waals surface area contributed by atoms with Gasteiger partial charge in [-0.15, -0.1) is 0 Å². The summed E-state index contributed by atoms with van der Waals surface area (Å²) in [7, 11) is 0. The number of hydrogen-bond acceptors (Lipinski definition) is 5. The summed E-state index contributed by atoms with van der Waals surface area (Å²) in [4.78, 5) is 21.3. The Morgan fingerprint density at radius 3 is 2.39 bits per heavy atom. The molecule has 2 aromatic heterocycles. The van der Waals surface area contributed by atoms with Crippen molar-refractivity contribution in [3.05, 3.63) is 101 Å². The maximum Gasteiger partial charge on any atom is 0.417 e. The number of carbonyl (C=O) groups excluding carboxylic acids is 1. The SMILES string of the molecule is C[C@H](O)c1ccc2c(NC(=O)c3cc(-c4ncccn4)c(C(F)(F)F)cc3Cl)n(-c3ccccc3)nc2c1. The van der Waals surface area contributed by atoms with E-state index >= 15 is 0 Å². The second kappa shape index (κ2) is 9.88. The monoisotopic (exact) mass is 537 g/mol. The Hall–Kier alpha value is -4.28. The standard InChI is InChI=1S/C27H19ClF3N5O2/c1-15(37)16-8-9-18-23(12-16)35-36(17-6-3-2-4-7-17)25(18)34-26(38)20-13-19(24-32-10-5-11-33-24)21(14-22(20)28)27(29,30)31/h2-15,37H,1H3,(H,34,38)/t15-/m0/s1. The van der Waals surface area contributed by atoms with Gasteiger partial charge in [0.25, 0.3) is 5.91 Å². The fraction of sp³-hybridized carbons (Fsp3) is 0.111. The number of halogens is 4. The average Bonchev–Trinajstić information content (AvgIpc) is 3.26. The van der Waals surface area contributed by atoms with E-state index in [2.05, 4.69) is 20.4 Å². The molecule has 2 N–H and O–H groups in total.